The molecular formula is C13H16F3N3O4. The molecule has 0 bridgehead atoms. The number of carbonyl (C=O) groups excluding carboxylic acids is 4. The molecular weight excluding hydrogens is 319 g/mol. The molecule has 128 valence electrons. The number of urea groups is 1. The molecule has 0 radical (unpaired) electrons. The van der Waals surface area contributed by atoms with E-state index in [0.717, 1.165) is 4.90 Å². The third kappa shape index (κ3) is 3.30. The lowest BCUT2D eigenvalue weighted by atomic mass is 10.2. The van der Waals surface area contributed by atoms with Crippen LogP contribution in [0, 0.1) is 5.92 Å². The third-order valence-electron chi connectivity index (χ3n) is 3.58. The van der Waals surface area contributed by atoms with Gasteiger partial charge in [0, 0.05) is 13.1 Å². The van der Waals surface area contributed by atoms with E-state index in [1.807, 2.05) is 0 Å². The fourth-order valence-electron chi connectivity index (χ4n) is 2.66. The van der Waals surface area contributed by atoms with Gasteiger partial charge in [-0.05, 0) is 12.3 Å². The highest BCUT2D eigenvalue weighted by atomic mass is 19.4. The predicted molar refractivity (Wildman–Crippen MR) is 69.8 cm³/mol. The SMILES string of the molecule is CC(C)CN1C(=O)C(=O)N(C2CCN(CC(F)(F)F)C2=O)C1=O. The number of halogens is 3. The zero-order valence-electron chi connectivity index (χ0n) is 12.6. The highest BCUT2D eigenvalue weighted by molar-refractivity contribution is 6.45. The van der Waals surface area contributed by atoms with Crippen molar-refractivity contribution in [2.45, 2.75) is 32.5 Å². The van der Waals surface area contributed by atoms with Crippen LogP contribution in [0.15, 0.2) is 0 Å². The molecule has 0 aromatic heterocycles. The molecule has 0 spiro atoms. The van der Waals surface area contributed by atoms with Crippen molar-refractivity contribution >= 4 is 23.8 Å². The molecule has 2 fully saturated rings. The second-order valence-electron chi connectivity index (χ2n) is 5.95. The minimum Gasteiger partial charge on any atom is -0.332 e. The normalized spacial score (nSPS) is 23.0. The van der Waals surface area contributed by atoms with Crippen LogP contribution in [-0.4, -0.2) is 70.3 Å². The molecule has 0 saturated carbocycles. The Morgan fingerprint density at radius 1 is 1.13 bits per heavy atom. The Kier molecular flexibility index (Phi) is 4.36. The van der Waals surface area contributed by atoms with Crippen LogP contribution in [-0.2, 0) is 14.4 Å². The van der Waals surface area contributed by atoms with Gasteiger partial charge in [-0.25, -0.2) is 9.69 Å². The van der Waals surface area contributed by atoms with Crippen molar-refractivity contribution in [2.24, 2.45) is 5.92 Å². The molecule has 7 nitrogen and oxygen atoms in total. The molecule has 0 aromatic carbocycles. The molecule has 23 heavy (non-hydrogen) atoms. The Labute approximate surface area is 130 Å². The number of amides is 5. The van der Waals surface area contributed by atoms with Crippen LogP contribution >= 0.6 is 0 Å². The first-order valence-corrected chi connectivity index (χ1v) is 7.07. The fraction of sp³-hybridized carbons (Fsp3) is 0.692. The summed E-state index contributed by atoms with van der Waals surface area (Å²) < 4.78 is 37.2. The maximum absolute atomic E-state index is 12.4. The maximum Gasteiger partial charge on any atom is 0.406 e. The lowest BCUT2D eigenvalue weighted by Gasteiger charge is -2.22. The Bertz CT molecular complexity index is 561. The molecule has 2 aliphatic heterocycles. The van der Waals surface area contributed by atoms with Gasteiger partial charge >= 0.3 is 24.0 Å². The van der Waals surface area contributed by atoms with E-state index in [1.54, 1.807) is 13.8 Å². The highest BCUT2D eigenvalue weighted by Gasteiger charge is 2.52. The van der Waals surface area contributed by atoms with Gasteiger partial charge < -0.3 is 4.90 Å². The van der Waals surface area contributed by atoms with Crippen LogP contribution in [0.4, 0.5) is 18.0 Å². The zero-order chi connectivity index (χ0) is 17.5. The largest absolute Gasteiger partial charge is 0.406 e. The van der Waals surface area contributed by atoms with Gasteiger partial charge in [0.2, 0.25) is 5.91 Å². The number of nitrogens with zero attached hydrogens (tertiary/aromatic N) is 3. The molecule has 1 atom stereocenters. The first kappa shape index (κ1) is 17.2. The van der Waals surface area contributed by atoms with Crippen molar-refractivity contribution in [3.8, 4) is 0 Å². The first-order chi connectivity index (χ1) is 10.5. The van der Waals surface area contributed by atoms with E-state index >= 15 is 0 Å². The van der Waals surface area contributed by atoms with Crippen molar-refractivity contribution < 1.29 is 32.3 Å². The van der Waals surface area contributed by atoms with Gasteiger partial charge in [0.05, 0.1) is 0 Å². The van der Waals surface area contributed by atoms with Crippen LogP contribution in [0.25, 0.3) is 0 Å². The van der Waals surface area contributed by atoms with Gasteiger partial charge in [0.1, 0.15) is 12.6 Å². The van der Waals surface area contributed by atoms with Gasteiger partial charge in [0.25, 0.3) is 0 Å². The number of hydrogen-bond donors (Lipinski definition) is 0. The second-order valence-corrected chi connectivity index (χ2v) is 5.95. The van der Waals surface area contributed by atoms with Crippen LogP contribution in [0.5, 0.6) is 0 Å². The number of rotatable bonds is 4. The van der Waals surface area contributed by atoms with E-state index in [4.69, 9.17) is 0 Å². The standard InChI is InChI=1S/C13H16F3N3O4/c1-7(2)5-18-10(21)11(22)19(12(18)23)8-3-4-17(9(8)20)6-13(14,15)16/h7-8H,3-6H2,1-2H3. The number of hydrogen-bond acceptors (Lipinski definition) is 4. The van der Waals surface area contributed by atoms with Crippen LogP contribution in [0.3, 0.4) is 0 Å². The summed E-state index contributed by atoms with van der Waals surface area (Å²) in [6, 6.07) is -2.29. The molecule has 5 amide bonds. The zero-order valence-corrected chi connectivity index (χ0v) is 12.6. The molecule has 2 heterocycles. The molecule has 1 unspecified atom stereocenters. The first-order valence-electron chi connectivity index (χ1n) is 7.07. The van der Waals surface area contributed by atoms with Gasteiger partial charge in [-0.1, -0.05) is 13.8 Å². The van der Waals surface area contributed by atoms with E-state index in [0.29, 0.717) is 9.80 Å². The summed E-state index contributed by atoms with van der Waals surface area (Å²) in [5.74, 6) is -3.27. The molecule has 0 aliphatic carbocycles. The van der Waals surface area contributed by atoms with E-state index in [-0.39, 0.29) is 25.4 Å². The van der Waals surface area contributed by atoms with Crippen LogP contribution in [0.2, 0.25) is 0 Å². The van der Waals surface area contributed by atoms with Crippen LogP contribution in [0.1, 0.15) is 20.3 Å². The van der Waals surface area contributed by atoms with Crippen LogP contribution < -0.4 is 0 Å². The molecule has 2 rings (SSSR count). The smallest absolute Gasteiger partial charge is 0.332 e. The Morgan fingerprint density at radius 3 is 2.26 bits per heavy atom. The topological polar surface area (TPSA) is 78.0 Å². The Morgan fingerprint density at radius 2 is 1.74 bits per heavy atom. The van der Waals surface area contributed by atoms with Crippen molar-refractivity contribution in [1.29, 1.82) is 0 Å². The molecule has 10 heteroatoms. The number of likely N-dealkylation sites (tertiary alicyclic amines) is 1. The molecule has 2 aliphatic rings. The van der Waals surface area contributed by atoms with Crippen molar-refractivity contribution in [1.82, 2.24) is 14.7 Å². The van der Waals surface area contributed by atoms with Gasteiger partial charge in [0.15, 0.2) is 0 Å². The van der Waals surface area contributed by atoms with E-state index in [2.05, 4.69) is 0 Å². The summed E-state index contributed by atoms with van der Waals surface area (Å²) in [6.45, 7) is 1.81. The Balaban J connectivity index is 2.16. The monoisotopic (exact) mass is 335 g/mol. The van der Waals surface area contributed by atoms with Crippen molar-refractivity contribution in [3.63, 3.8) is 0 Å². The summed E-state index contributed by atoms with van der Waals surface area (Å²) in [5.41, 5.74) is 0. The second kappa shape index (κ2) is 5.82. The lowest BCUT2D eigenvalue weighted by Crippen LogP contribution is -2.47. The minimum atomic E-state index is -4.57. The van der Waals surface area contributed by atoms with Crippen molar-refractivity contribution in [2.75, 3.05) is 19.6 Å². The summed E-state index contributed by atoms with van der Waals surface area (Å²) in [7, 11) is 0. The average Bonchev–Trinajstić information content (AvgIpc) is 2.83. The van der Waals surface area contributed by atoms with E-state index in [1.165, 1.54) is 0 Å². The van der Waals surface area contributed by atoms with Crippen molar-refractivity contribution in [3.05, 3.63) is 0 Å². The minimum absolute atomic E-state index is 0.00703. The number of carbonyl (C=O) groups is 4. The summed E-state index contributed by atoms with van der Waals surface area (Å²) >= 11 is 0. The molecule has 2 saturated heterocycles. The predicted octanol–water partition coefficient (Wildman–Crippen LogP) is 0.596. The van der Waals surface area contributed by atoms with E-state index in [9.17, 15) is 32.3 Å². The quantitative estimate of drug-likeness (QED) is 0.557. The average molecular weight is 335 g/mol. The van der Waals surface area contributed by atoms with Gasteiger partial charge in [-0.2, -0.15) is 13.2 Å². The summed E-state index contributed by atoms with van der Waals surface area (Å²) in [4.78, 5) is 49.8. The fourth-order valence-corrected chi connectivity index (χ4v) is 2.66. The van der Waals surface area contributed by atoms with Gasteiger partial charge in [-0.15, -0.1) is 0 Å². The Hall–Kier alpha value is -2.13. The maximum atomic E-state index is 12.4. The summed E-state index contributed by atoms with van der Waals surface area (Å²) in [5, 5.41) is 0. The molecule has 0 aromatic rings. The lowest BCUT2D eigenvalue weighted by molar-refractivity contribution is -0.159. The summed E-state index contributed by atoms with van der Waals surface area (Å²) in [6.07, 6.45) is -4.68. The number of alkyl halides is 3. The third-order valence-corrected chi connectivity index (χ3v) is 3.58. The highest BCUT2D eigenvalue weighted by Crippen LogP contribution is 2.26. The van der Waals surface area contributed by atoms with E-state index < -0.39 is 42.5 Å². The molecule has 0 N–H and O–H groups in total. The number of imide groups is 2. The van der Waals surface area contributed by atoms with Gasteiger partial charge in [-0.3, -0.25) is 19.3 Å².